The van der Waals surface area contributed by atoms with E-state index in [0.29, 0.717) is 17.9 Å². The Morgan fingerprint density at radius 2 is 1.59 bits per heavy atom. The molecule has 1 N–H and O–H groups in total. The first-order valence-electron chi connectivity index (χ1n) is 14.1. The summed E-state index contributed by atoms with van der Waals surface area (Å²) in [7, 11) is -2.58. The Labute approximate surface area is 243 Å². The van der Waals surface area contributed by atoms with Crippen molar-refractivity contribution in [1.82, 2.24) is 10.2 Å². The van der Waals surface area contributed by atoms with Crippen LogP contribution >= 0.6 is 0 Å². The number of hydrogen-bond acceptors (Lipinski definition) is 5. The molecule has 218 valence electrons. The molecular formula is C32H39N3O5S. The van der Waals surface area contributed by atoms with Crippen LogP contribution in [0.25, 0.3) is 0 Å². The predicted octanol–water partition coefficient (Wildman–Crippen LogP) is 5.07. The summed E-state index contributed by atoms with van der Waals surface area (Å²) in [4.78, 5) is 29.3. The van der Waals surface area contributed by atoms with Crippen LogP contribution in [0.4, 0.5) is 5.69 Å². The van der Waals surface area contributed by atoms with Crippen LogP contribution in [0.2, 0.25) is 0 Å². The number of carbonyl (C=O) groups is 2. The Morgan fingerprint density at radius 1 is 0.951 bits per heavy atom. The molecule has 0 aromatic heterocycles. The summed E-state index contributed by atoms with van der Waals surface area (Å²) in [6, 6.07) is 21.7. The first kappa shape index (κ1) is 30.1. The van der Waals surface area contributed by atoms with Crippen LogP contribution in [0.15, 0.2) is 83.8 Å². The zero-order valence-electron chi connectivity index (χ0n) is 24.0. The average molecular weight is 578 g/mol. The number of methoxy groups -OCH3 is 1. The number of carbonyl (C=O) groups excluding carboxylic acids is 2. The van der Waals surface area contributed by atoms with E-state index in [1.165, 1.54) is 24.1 Å². The van der Waals surface area contributed by atoms with Gasteiger partial charge in [0.15, 0.2) is 0 Å². The van der Waals surface area contributed by atoms with Crippen LogP contribution in [-0.2, 0) is 26.2 Å². The quantitative estimate of drug-likeness (QED) is 0.325. The van der Waals surface area contributed by atoms with E-state index in [-0.39, 0.29) is 23.4 Å². The standard InChI is InChI=1S/C32H39N3O5S/c1-4-30(32(37)33-26-10-8-9-11-26)34(22-25-16-14-24(2)15-17-25)31(36)23-35(27-18-20-28(40-3)21-19-27)41(38,39)29-12-6-5-7-13-29/h5-7,12-21,26,30H,4,8-11,22-23H2,1-3H3,(H,33,37). The second-order valence-corrected chi connectivity index (χ2v) is 12.3. The molecule has 8 nitrogen and oxygen atoms in total. The van der Waals surface area contributed by atoms with Gasteiger partial charge >= 0.3 is 0 Å². The van der Waals surface area contributed by atoms with E-state index in [4.69, 9.17) is 4.74 Å². The highest BCUT2D eigenvalue weighted by atomic mass is 32.2. The molecule has 0 aliphatic heterocycles. The maximum Gasteiger partial charge on any atom is 0.264 e. The molecule has 4 rings (SSSR count). The van der Waals surface area contributed by atoms with Crippen molar-refractivity contribution < 1.29 is 22.7 Å². The highest BCUT2D eigenvalue weighted by Gasteiger charge is 2.34. The highest BCUT2D eigenvalue weighted by molar-refractivity contribution is 7.92. The van der Waals surface area contributed by atoms with Gasteiger partial charge in [0.1, 0.15) is 18.3 Å². The maximum absolute atomic E-state index is 14.2. The van der Waals surface area contributed by atoms with Gasteiger partial charge in [0, 0.05) is 12.6 Å². The lowest BCUT2D eigenvalue weighted by Gasteiger charge is -2.33. The van der Waals surface area contributed by atoms with E-state index in [1.54, 1.807) is 42.5 Å². The molecule has 41 heavy (non-hydrogen) atoms. The van der Waals surface area contributed by atoms with Gasteiger partial charge in [-0.3, -0.25) is 13.9 Å². The average Bonchev–Trinajstić information content (AvgIpc) is 3.50. The number of benzene rings is 3. The number of aryl methyl sites for hydroxylation is 1. The summed E-state index contributed by atoms with van der Waals surface area (Å²) in [5.41, 5.74) is 2.26. The molecule has 0 radical (unpaired) electrons. The third-order valence-electron chi connectivity index (χ3n) is 7.53. The molecule has 1 aliphatic carbocycles. The first-order valence-corrected chi connectivity index (χ1v) is 15.5. The zero-order chi connectivity index (χ0) is 29.4. The van der Waals surface area contributed by atoms with Crippen LogP contribution in [0.5, 0.6) is 5.75 Å². The molecule has 0 heterocycles. The topological polar surface area (TPSA) is 96.0 Å². The van der Waals surface area contributed by atoms with Crippen molar-refractivity contribution in [3.63, 3.8) is 0 Å². The van der Waals surface area contributed by atoms with Crippen molar-refractivity contribution in [2.24, 2.45) is 0 Å². The lowest BCUT2D eigenvalue weighted by molar-refractivity contribution is -0.140. The third kappa shape index (κ3) is 7.47. The van der Waals surface area contributed by atoms with Crippen molar-refractivity contribution in [3.8, 4) is 5.75 Å². The van der Waals surface area contributed by atoms with E-state index < -0.39 is 28.5 Å². The van der Waals surface area contributed by atoms with E-state index in [0.717, 1.165) is 41.1 Å². The van der Waals surface area contributed by atoms with Crippen molar-refractivity contribution in [3.05, 3.63) is 90.0 Å². The molecule has 0 saturated heterocycles. The van der Waals surface area contributed by atoms with Crippen molar-refractivity contribution in [2.45, 2.75) is 69.5 Å². The second kappa shape index (κ2) is 13.7. The summed E-state index contributed by atoms with van der Waals surface area (Å²) in [5.74, 6) is -0.108. The third-order valence-corrected chi connectivity index (χ3v) is 9.32. The molecule has 3 aromatic rings. The smallest absolute Gasteiger partial charge is 0.264 e. The van der Waals surface area contributed by atoms with Crippen LogP contribution in [0, 0.1) is 6.92 Å². The molecule has 1 saturated carbocycles. The van der Waals surface area contributed by atoms with Crippen LogP contribution in [0.3, 0.4) is 0 Å². The van der Waals surface area contributed by atoms with Gasteiger partial charge in [-0.15, -0.1) is 0 Å². The SMILES string of the molecule is CCC(C(=O)NC1CCCC1)N(Cc1ccc(C)cc1)C(=O)CN(c1ccc(OC)cc1)S(=O)(=O)c1ccccc1. The Morgan fingerprint density at radius 3 is 2.17 bits per heavy atom. The lowest BCUT2D eigenvalue weighted by Crippen LogP contribution is -2.53. The first-order chi connectivity index (χ1) is 19.7. The minimum Gasteiger partial charge on any atom is -0.497 e. The van der Waals surface area contributed by atoms with Gasteiger partial charge in [-0.25, -0.2) is 8.42 Å². The van der Waals surface area contributed by atoms with E-state index in [2.05, 4.69) is 5.32 Å². The Hall–Kier alpha value is -3.85. The highest BCUT2D eigenvalue weighted by Crippen LogP contribution is 2.27. The number of ether oxygens (including phenoxy) is 1. The molecule has 0 bridgehead atoms. The van der Waals surface area contributed by atoms with Gasteiger partial charge in [-0.05, 0) is 68.1 Å². The molecule has 3 aromatic carbocycles. The summed E-state index contributed by atoms with van der Waals surface area (Å²) in [5, 5.41) is 3.14. The number of amides is 2. The zero-order valence-corrected chi connectivity index (χ0v) is 24.8. The van der Waals surface area contributed by atoms with Gasteiger partial charge in [0.2, 0.25) is 11.8 Å². The molecule has 1 aliphatic rings. The molecule has 0 spiro atoms. The van der Waals surface area contributed by atoms with Crippen molar-refractivity contribution in [2.75, 3.05) is 18.0 Å². The number of rotatable bonds is 12. The molecule has 1 unspecified atom stereocenters. The number of anilines is 1. The maximum atomic E-state index is 14.2. The molecule has 1 atom stereocenters. The van der Waals surface area contributed by atoms with Crippen molar-refractivity contribution >= 4 is 27.5 Å². The predicted molar refractivity (Wildman–Crippen MR) is 160 cm³/mol. The van der Waals surface area contributed by atoms with Gasteiger partial charge in [-0.1, -0.05) is 67.8 Å². The van der Waals surface area contributed by atoms with E-state index in [1.807, 2.05) is 38.1 Å². The minimum absolute atomic E-state index is 0.0692. The monoisotopic (exact) mass is 577 g/mol. The van der Waals surface area contributed by atoms with Crippen molar-refractivity contribution in [1.29, 1.82) is 0 Å². The molecular weight excluding hydrogens is 538 g/mol. The Kier molecular flexibility index (Phi) is 10.0. The lowest BCUT2D eigenvalue weighted by atomic mass is 10.1. The fourth-order valence-corrected chi connectivity index (χ4v) is 6.61. The van der Waals surface area contributed by atoms with Crippen LogP contribution in [-0.4, -0.2) is 50.9 Å². The molecule has 2 amide bonds. The summed E-state index contributed by atoms with van der Waals surface area (Å²) >= 11 is 0. The van der Waals surface area contributed by atoms with Gasteiger partial charge < -0.3 is 15.0 Å². The van der Waals surface area contributed by atoms with Crippen LogP contribution < -0.4 is 14.4 Å². The summed E-state index contributed by atoms with van der Waals surface area (Å²) in [6.45, 7) is 3.56. The summed E-state index contributed by atoms with van der Waals surface area (Å²) < 4.78 is 34.1. The second-order valence-electron chi connectivity index (χ2n) is 10.4. The minimum atomic E-state index is -4.11. The molecule has 9 heteroatoms. The Bertz CT molecular complexity index is 1400. The normalized spacial score (nSPS) is 14.3. The Balaban J connectivity index is 1.70. The largest absolute Gasteiger partial charge is 0.497 e. The van der Waals surface area contributed by atoms with E-state index >= 15 is 0 Å². The number of sulfonamides is 1. The number of hydrogen-bond donors (Lipinski definition) is 1. The number of nitrogens with zero attached hydrogens (tertiary/aromatic N) is 2. The summed E-state index contributed by atoms with van der Waals surface area (Å²) in [6.07, 6.45) is 4.39. The molecule has 1 fully saturated rings. The van der Waals surface area contributed by atoms with Crippen LogP contribution in [0.1, 0.15) is 50.2 Å². The number of nitrogens with one attached hydrogen (secondary N) is 1. The fraction of sp³-hybridized carbons (Fsp3) is 0.375. The van der Waals surface area contributed by atoms with E-state index in [9.17, 15) is 18.0 Å². The fourth-order valence-electron chi connectivity index (χ4n) is 5.17. The van der Waals surface area contributed by atoms with Gasteiger partial charge in [-0.2, -0.15) is 0 Å². The van der Waals surface area contributed by atoms with Gasteiger partial charge in [0.25, 0.3) is 10.0 Å². The van der Waals surface area contributed by atoms with Gasteiger partial charge in [0.05, 0.1) is 17.7 Å².